The number of ether oxygens (including phenoxy) is 1. The lowest BCUT2D eigenvalue weighted by Crippen LogP contribution is -2.18. The second-order valence-electron chi connectivity index (χ2n) is 3.52. The van der Waals surface area contributed by atoms with Gasteiger partial charge in [0.2, 0.25) is 0 Å². The normalized spacial score (nSPS) is 24.8. The van der Waals surface area contributed by atoms with Gasteiger partial charge in [-0.25, -0.2) is 0 Å². The molecule has 0 saturated carbocycles. The van der Waals surface area contributed by atoms with Gasteiger partial charge in [0.05, 0.1) is 12.2 Å². The van der Waals surface area contributed by atoms with Gasteiger partial charge in [-0.15, -0.1) is 0 Å². The van der Waals surface area contributed by atoms with Crippen LogP contribution in [-0.2, 0) is 4.74 Å². The number of rotatable bonds is 3. The van der Waals surface area contributed by atoms with Crippen LogP contribution in [0.4, 0.5) is 0 Å². The van der Waals surface area contributed by atoms with Gasteiger partial charge in [-0.2, -0.15) is 0 Å². The van der Waals surface area contributed by atoms with E-state index in [1.165, 1.54) is 0 Å². The van der Waals surface area contributed by atoms with Crippen molar-refractivity contribution in [1.82, 2.24) is 10.3 Å². The van der Waals surface area contributed by atoms with Crippen molar-refractivity contribution in [2.24, 2.45) is 0 Å². The molecule has 1 saturated heterocycles. The molecule has 0 amide bonds. The Morgan fingerprint density at radius 1 is 1.62 bits per heavy atom. The van der Waals surface area contributed by atoms with Gasteiger partial charge in [0.1, 0.15) is 0 Å². The van der Waals surface area contributed by atoms with Gasteiger partial charge in [0.25, 0.3) is 0 Å². The van der Waals surface area contributed by atoms with Crippen molar-refractivity contribution in [2.45, 2.75) is 25.6 Å². The molecule has 1 aromatic heterocycles. The van der Waals surface area contributed by atoms with E-state index in [1.54, 1.807) is 0 Å². The lowest BCUT2D eigenvalue weighted by atomic mass is 10.2. The van der Waals surface area contributed by atoms with E-state index in [2.05, 4.69) is 23.3 Å². The molecule has 0 radical (unpaired) electrons. The lowest BCUT2D eigenvalue weighted by molar-refractivity contribution is 0.00629. The summed E-state index contributed by atoms with van der Waals surface area (Å²) >= 11 is 0. The fourth-order valence-electron chi connectivity index (χ4n) is 1.70. The maximum atomic E-state index is 5.86. The molecule has 0 spiro atoms. The minimum absolute atomic E-state index is 0.180. The first kappa shape index (κ1) is 8.78. The second-order valence-corrected chi connectivity index (χ2v) is 3.52. The zero-order valence-corrected chi connectivity index (χ0v) is 7.92. The molecular formula is C10H16N2O. The lowest BCUT2D eigenvalue weighted by Gasteiger charge is -2.16. The van der Waals surface area contributed by atoms with Gasteiger partial charge >= 0.3 is 0 Å². The van der Waals surface area contributed by atoms with Crippen LogP contribution in [-0.4, -0.2) is 24.2 Å². The molecule has 13 heavy (non-hydrogen) atoms. The van der Waals surface area contributed by atoms with Gasteiger partial charge < -0.3 is 15.0 Å². The van der Waals surface area contributed by atoms with E-state index in [4.69, 9.17) is 4.74 Å². The van der Waals surface area contributed by atoms with Crippen molar-refractivity contribution in [2.75, 3.05) is 13.1 Å². The summed E-state index contributed by atoms with van der Waals surface area (Å²) in [7, 11) is 0. The summed E-state index contributed by atoms with van der Waals surface area (Å²) in [5.74, 6) is 0. The monoisotopic (exact) mass is 180 g/mol. The van der Waals surface area contributed by atoms with E-state index in [0.29, 0.717) is 6.10 Å². The van der Waals surface area contributed by atoms with Gasteiger partial charge in [-0.3, -0.25) is 0 Å². The van der Waals surface area contributed by atoms with Crippen molar-refractivity contribution in [3.63, 3.8) is 0 Å². The largest absolute Gasteiger partial charge is 0.368 e. The average Bonchev–Trinajstić information content (AvgIpc) is 2.74. The molecule has 1 aliphatic rings. The SMILES string of the molecule is C[C@H](O[C@H]1CCNC1)c1ccc[nH]1. The predicted octanol–water partition coefficient (Wildman–Crippen LogP) is 1.45. The zero-order valence-electron chi connectivity index (χ0n) is 7.92. The maximum Gasteiger partial charge on any atom is 0.0948 e. The van der Waals surface area contributed by atoms with E-state index in [9.17, 15) is 0 Å². The highest BCUT2D eigenvalue weighted by atomic mass is 16.5. The average molecular weight is 180 g/mol. The minimum Gasteiger partial charge on any atom is -0.368 e. The first-order chi connectivity index (χ1) is 6.36. The van der Waals surface area contributed by atoms with Crippen molar-refractivity contribution in [3.8, 4) is 0 Å². The number of aromatic amines is 1. The highest BCUT2D eigenvalue weighted by molar-refractivity contribution is 5.06. The van der Waals surface area contributed by atoms with Crippen molar-refractivity contribution >= 4 is 0 Å². The van der Waals surface area contributed by atoms with Crippen LogP contribution in [0, 0.1) is 0 Å². The van der Waals surface area contributed by atoms with E-state index < -0.39 is 0 Å². The molecule has 2 N–H and O–H groups in total. The van der Waals surface area contributed by atoms with Crippen LogP contribution in [0.5, 0.6) is 0 Å². The fourth-order valence-corrected chi connectivity index (χ4v) is 1.70. The Kier molecular flexibility index (Phi) is 2.66. The van der Waals surface area contributed by atoms with Gasteiger partial charge in [0, 0.05) is 18.4 Å². The first-order valence-electron chi connectivity index (χ1n) is 4.86. The summed E-state index contributed by atoms with van der Waals surface area (Å²) in [5.41, 5.74) is 1.16. The number of hydrogen-bond acceptors (Lipinski definition) is 2. The Labute approximate surface area is 78.5 Å². The summed E-state index contributed by atoms with van der Waals surface area (Å²) < 4.78 is 5.86. The third-order valence-corrected chi connectivity index (χ3v) is 2.47. The van der Waals surface area contributed by atoms with Crippen LogP contribution in [0.2, 0.25) is 0 Å². The molecule has 1 aromatic rings. The standard InChI is InChI=1S/C10H16N2O/c1-8(10-3-2-5-12-10)13-9-4-6-11-7-9/h2-3,5,8-9,11-12H,4,6-7H2,1H3/t8-,9-/m0/s1. The van der Waals surface area contributed by atoms with Crippen LogP contribution < -0.4 is 5.32 Å². The third kappa shape index (κ3) is 2.11. The molecule has 1 aliphatic heterocycles. The molecule has 0 aromatic carbocycles. The van der Waals surface area contributed by atoms with E-state index in [0.717, 1.165) is 25.2 Å². The van der Waals surface area contributed by atoms with Crippen LogP contribution >= 0.6 is 0 Å². The molecule has 3 nitrogen and oxygen atoms in total. The highest BCUT2D eigenvalue weighted by Gasteiger charge is 2.18. The molecule has 72 valence electrons. The Balaban J connectivity index is 1.87. The molecular weight excluding hydrogens is 164 g/mol. The Hall–Kier alpha value is -0.800. The van der Waals surface area contributed by atoms with E-state index in [1.807, 2.05) is 12.3 Å². The van der Waals surface area contributed by atoms with Crippen molar-refractivity contribution < 1.29 is 4.74 Å². The molecule has 1 fully saturated rings. The van der Waals surface area contributed by atoms with E-state index >= 15 is 0 Å². The summed E-state index contributed by atoms with van der Waals surface area (Å²) in [6.45, 7) is 4.16. The molecule has 3 heteroatoms. The van der Waals surface area contributed by atoms with Crippen LogP contribution in [0.15, 0.2) is 18.3 Å². The summed E-state index contributed by atoms with van der Waals surface area (Å²) in [5, 5.41) is 3.29. The van der Waals surface area contributed by atoms with Crippen LogP contribution in [0.1, 0.15) is 25.1 Å². The quantitative estimate of drug-likeness (QED) is 0.738. The molecule has 2 rings (SSSR count). The van der Waals surface area contributed by atoms with Crippen LogP contribution in [0.3, 0.4) is 0 Å². The highest BCUT2D eigenvalue weighted by Crippen LogP contribution is 2.18. The molecule has 0 bridgehead atoms. The third-order valence-electron chi connectivity index (χ3n) is 2.47. The fraction of sp³-hybridized carbons (Fsp3) is 0.600. The van der Waals surface area contributed by atoms with Gasteiger partial charge in [-0.1, -0.05) is 0 Å². The Morgan fingerprint density at radius 2 is 2.54 bits per heavy atom. The Bertz CT molecular complexity index is 239. The maximum absolute atomic E-state index is 5.86. The first-order valence-corrected chi connectivity index (χ1v) is 4.86. The van der Waals surface area contributed by atoms with Crippen molar-refractivity contribution in [3.05, 3.63) is 24.0 Å². The number of aromatic nitrogens is 1. The second kappa shape index (κ2) is 3.94. The van der Waals surface area contributed by atoms with Gasteiger partial charge in [0.15, 0.2) is 0 Å². The number of hydrogen-bond donors (Lipinski definition) is 2. The molecule has 2 atom stereocenters. The van der Waals surface area contributed by atoms with Crippen LogP contribution in [0.25, 0.3) is 0 Å². The zero-order chi connectivity index (χ0) is 9.10. The Morgan fingerprint density at radius 3 is 3.15 bits per heavy atom. The number of nitrogens with one attached hydrogen (secondary N) is 2. The molecule has 0 unspecified atom stereocenters. The number of H-pyrrole nitrogens is 1. The molecule has 0 aliphatic carbocycles. The summed E-state index contributed by atoms with van der Waals surface area (Å²) in [6, 6.07) is 4.06. The predicted molar refractivity (Wildman–Crippen MR) is 51.6 cm³/mol. The smallest absolute Gasteiger partial charge is 0.0948 e. The summed E-state index contributed by atoms with van der Waals surface area (Å²) in [6.07, 6.45) is 3.63. The topological polar surface area (TPSA) is 37.0 Å². The van der Waals surface area contributed by atoms with Crippen molar-refractivity contribution in [1.29, 1.82) is 0 Å². The van der Waals surface area contributed by atoms with Gasteiger partial charge in [-0.05, 0) is 32.0 Å². The summed E-state index contributed by atoms with van der Waals surface area (Å²) in [4.78, 5) is 3.17. The molecule has 2 heterocycles. The minimum atomic E-state index is 0.180. The van der Waals surface area contributed by atoms with E-state index in [-0.39, 0.29) is 6.10 Å².